The van der Waals surface area contributed by atoms with Gasteiger partial charge in [-0.3, -0.25) is 4.90 Å². The van der Waals surface area contributed by atoms with Crippen LogP contribution in [-0.4, -0.2) is 22.1 Å². The molecule has 0 radical (unpaired) electrons. The number of nitrogens with zero attached hydrogens (tertiary/aromatic N) is 3. The van der Waals surface area contributed by atoms with Crippen molar-refractivity contribution in [2.75, 3.05) is 7.05 Å². The summed E-state index contributed by atoms with van der Waals surface area (Å²) in [6.07, 6.45) is 0. The average Bonchev–Trinajstić information content (AvgIpc) is 2.98. The van der Waals surface area contributed by atoms with Crippen molar-refractivity contribution in [3.8, 4) is 11.4 Å². The van der Waals surface area contributed by atoms with Crippen molar-refractivity contribution in [2.24, 2.45) is 0 Å². The molecule has 3 rings (SSSR count). The van der Waals surface area contributed by atoms with E-state index in [0.717, 1.165) is 12.1 Å². The summed E-state index contributed by atoms with van der Waals surface area (Å²) >= 11 is 0. The minimum absolute atomic E-state index is 0.632. The number of benzene rings is 2. The van der Waals surface area contributed by atoms with Crippen molar-refractivity contribution in [2.45, 2.75) is 26.9 Å². The number of aryl methyl sites for hydroxylation is 2. The fraction of sp³-hybridized carbons (Fsp3) is 0.263. The molecule has 1 heterocycles. The molecular formula is C19H21N3O. The second kappa shape index (κ2) is 6.75. The van der Waals surface area contributed by atoms with Gasteiger partial charge in [0.05, 0.1) is 6.54 Å². The molecule has 0 fully saturated rings. The first-order valence-electron chi connectivity index (χ1n) is 7.74. The smallest absolute Gasteiger partial charge is 0.241 e. The van der Waals surface area contributed by atoms with Crippen LogP contribution >= 0.6 is 0 Å². The van der Waals surface area contributed by atoms with E-state index in [1.807, 2.05) is 12.1 Å². The Kier molecular flexibility index (Phi) is 4.53. The summed E-state index contributed by atoms with van der Waals surface area (Å²) in [4.78, 5) is 6.67. The van der Waals surface area contributed by atoms with Crippen LogP contribution in [0.15, 0.2) is 53.1 Å². The van der Waals surface area contributed by atoms with Gasteiger partial charge >= 0.3 is 0 Å². The van der Waals surface area contributed by atoms with Gasteiger partial charge in [0.2, 0.25) is 11.7 Å². The molecule has 4 heteroatoms. The maximum Gasteiger partial charge on any atom is 0.241 e. The second-order valence-corrected chi connectivity index (χ2v) is 5.98. The van der Waals surface area contributed by atoms with Crippen molar-refractivity contribution in [3.63, 3.8) is 0 Å². The molecule has 0 saturated carbocycles. The molecule has 2 aromatic carbocycles. The lowest BCUT2D eigenvalue weighted by molar-refractivity contribution is 0.260. The van der Waals surface area contributed by atoms with Crippen molar-refractivity contribution >= 4 is 0 Å². The number of hydrogen-bond acceptors (Lipinski definition) is 4. The number of hydrogen-bond donors (Lipinski definition) is 0. The minimum Gasteiger partial charge on any atom is -0.338 e. The van der Waals surface area contributed by atoms with E-state index in [9.17, 15) is 0 Å². The van der Waals surface area contributed by atoms with E-state index >= 15 is 0 Å². The van der Waals surface area contributed by atoms with Crippen LogP contribution in [0.25, 0.3) is 11.4 Å². The van der Waals surface area contributed by atoms with Crippen LogP contribution in [0.4, 0.5) is 0 Å². The molecule has 4 nitrogen and oxygen atoms in total. The molecule has 0 aliphatic carbocycles. The first-order chi connectivity index (χ1) is 11.1. The van der Waals surface area contributed by atoms with Gasteiger partial charge in [0, 0.05) is 12.1 Å². The predicted molar refractivity (Wildman–Crippen MR) is 90.8 cm³/mol. The quantitative estimate of drug-likeness (QED) is 0.715. The summed E-state index contributed by atoms with van der Waals surface area (Å²) in [7, 11) is 2.06. The van der Waals surface area contributed by atoms with Gasteiger partial charge in [-0.1, -0.05) is 59.3 Å². The third-order valence-corrected chi connectivity index (χ3v) is 3.88. The number of rotatable bonds is 5. The molecule has 0 unspecified atom stereocenters. The molecule has 0 aliphatic rings. The van der Waals surface area contributed by atoms with Gasteiger partial charge in [0.1, 0.15) is 0 Å². The van der Waals surface area contributed by atoms with Gasteiger partial charge in [-0.2, -0.15) is 4.98 Å². The van der Waals surface area contributed by atoms with E-state index < -0.39 is 0 Å². The Morgan fingerprint density at radius 3 is 2.43 bits per heavy atom. The molecule has 0 spiro atoms. The van der Waals surface area contributed by atoms with Crippen molar-refractivity contribution in [1.82, 2.24) is 15.0 Å². The highest BCUT2D eigenvalue weighted by Gasteiger charge is 2.11. The van der Waals surface area contributed by atoms with E-state index in [2.05, 4.69) is 72.3 Å². The molecule has 118 valence electrons. The lowest BCUT2D eigenvalue weighted by Crippen LogP contribution is -2.18. The fourth-order valence-corrected chi connectivity index (χ4v) is 2.50. The van der Waals surface area contributed by atoms with E-state index in [0.29, 0.717) is 18.3 Å². The summed E-state index contributed by atoms with van der Waals surface area (Å²) in [5, 5.41) is 4.08. The molecule has 0 atom stereocenters. The summed E-state index contributed by atoms with van der Waals surface area (Å²) in [5.41, 5.74) is 4.81. The summed E-state index contributed by atoms with van der Waals surface area (Å²) < 4.78 is 5.39. The highest BCUT2D eigenvalue weighted by molar-refractivity contribution is 5.54. The molecule has 0 saturated heterocycles. The minimum atomic E-state index is 0.632. The van der Waals surface area contributed by atoms with E-state index in [4.69, 9.17) is 4.52 Å². The maximum absolute atomic E-state index is 5.39. The molecule has 23 heavy (non-hydrogen) atoms. The van der Waals surface area contributed by atoms with Crippen molar-refractivity contribution < 1.29 is 4.52 Å². The Bertz CT molecular complexity index is 777. The SMILES string of the molecule is Cc1ccc(-c2noc(CN(C)Cc3ccccc3C)n2)cc1. The Balaban J connectivity index is 1.67. The maximum atomic E-state index is 5.39. The monoisotopic (exact) mass is 307 g/mol. The Labute approximate surface area is 136 Å². The highest BCUT2D eigenvalue weighted by atomic mass is 16.5. The zero-order chi connectivity index (χ0) is 16.2. The van der Waals surface area contributed by atoms with Crippen LogP contribution in [0.5, 0.6) is 0 Å². The second-order valence-electron chi connectivity index (χ2n) is 5.98. The fourth-order valence-electron chi connectivity index (χ4n) is 2.50. The van der Waals surface area contributed by atoms with Crippen molar-refractivity contribution in [1.29, 1.82) is 0 Å². The largest absolute Gasteiger partial charge is 0.338 e. The van der Waals surface area contributed by atoms with Gasteiger partial charge in [-0.15, -0.1) is 0 Å². The lowest BCUT2D eigenvalue weighted by Gasteiger charge is -2.15. The zero-order valence-electron chi connectivity index (χ0n) is 13.8. The van der Waals surface area contributed by atoms with E-state index in [-0.39, 0.29) is 0 Å². The van der Waals surface area contributed by atoms with Crippen LogP contribution in [-0.2, 0) is 13.1 Å². The molecule has 3 aromatic rings. The van der Waals surface area contributed by atoms with Gasteiger partial charge in [0.25, 0.3) is 0 Å². The van der Waals surface area contributed by atoms with Crippen LogP contribution in [0.1, 0.15) is 22.6 Å². The van der Waals surface area contributed by atoms with Gasteiger partial charge in [-0.05, 0) is 32.0 Å². The van der Waals surface area contributed by atoms with Crippen molar-refractivity contribution in [3.05, 3.63) is 71.1 Å². The third kappa shape index (κ3) is 3.85. The standard InChI is InChI=1S/C19H21N3O/c1-14-8-10-16(11-9-14)19-20-18(23-21-19)13-22(3)12-17-7-5-4-6-15(17)2/h4-11H,12-13H2,1-3H3. The summed E-state index contributed by atoms with van der Waals surface area (Å²) in [5.74, 6) is 1.28. The van der Waals surface area contributed by atoms with Gasteiger partial charge in [0.15, 0.2) is 0 Å². The molecule has 0 aliphatic heterocycles. The average molecular weight is 307 g/mol. The Morgan fingerprint density at radius 2 is 1.70 bits per heavy atom. The van der Waals surface area contributed by atoms with Crippen LogP contribution in [0.3, 0.4) is 0 Å². The normalized spacial score (nSPS) is 11.1. The summed E-state index contributed by atoms with van der Waals surface area (Å²) in [6, 6.07) is 16.5. The molecule has 1 aromatic heterocycles. The Hall–Kier alpha value is -2.46. The van der Waals surface area contributed by atoms with Gasteiger partial charge < -0.3 is 4.52 Å². The lowest BCUT2D eigenvalue weighted by atomic mass is 10.1. The molecule has 0 amide bonds. The van der Waals surface area contributed by atoms with Gasteiger partial charge in [-0.25, -0.2) is 0 Å². The molecule has 0 bridgehead atoms. The summed E-state index contributed by atoms with van der Waals surface area (Å²) in [6.45, 7) is 5.68. The zero-order valence-corrected chi connectivity index (χ0v) is 13.8. The molecular weight excluding hydrogens is 286 g/mol. The van der Waals surface area contributed by atoms with E-state index in [1.54, 1.807) is 0 Å². The predicted octanol–water partition coefficient (Wildman–Crippen LogP) is 3.99. The first kappa shape index (κ1) is 15.4. The third-order valence-electron chi connectivity index (χ3n) is 3.88. The van der Waals surface area contributed by atoms with Crippen LogP contribution < -0.4 is 0 Å². The van der Waals surface area contributed by atoms with Crippen LogP contribution in [0.2, 0.25) is 0 Å². The highest BCUT2D eigenvalue weighted by Crippen LogP contribution is 2.17. The number of aromatic nitrogens is 2. The topological polar surface area (TPSA) is 42.2 Å². The Morgan fingerprint density at radius 1 is 0.957 bits per heavy atom. The van der Waals surface area contributed by atoms with E-state index in [1.165, 1.54) is 16.7 Å². The van der Waals surface area contributed by atoms with Crippen LogP contribution in [0, 0.1) is 13.8 Å². The first-order valence-corrected chi connectivity index (χ1v) is 7.74. The molecule has 0 N–H and O–H groups in total.